The predicted molar refractivity (Wildman–Crippen MR) is 152 cm³/mol. The molecule has 7 nitrogen and oxygen atoms in total. The topological polar surface area (TPSA) is 65.8 Å². The van der Waals surface area contributed by atoms with E-state index in [-0.39, 0.29) is 5.91 Å². The molecule has 1 N–H and O–H groups in total. The fourth-order valence-corrected chi connectivity index (χ4v) is 6.34. The Labute approximate surface area is 224 Å². The average Bonchev–Trinajstić information content (AvgIpc) is 3.53. The number of nitrogens with one attached hydrogen (secondary N) is 1. The van der Waals surface area contributed by atoms with Gasteiger partial charge in [-0.25, -0.2) is 14.4 Å². The van der Waals surface area contributed by atoms with Gasteiger partial charge in [-0.05, 0) is 61.3 Å². The third-order valence-corrected chi connectivity index (χ3v) is 8.67. The fraction of sp³-hybridized carbons (Fsp3) is 0.370. The number of pyridine rings is 1. The van der Waals surface area contributed by atoms with E-state index in [9.17, 15) is 9.18 Å². The Balaban J connectivity index is 1.49. The lowest BCUT2D eigenvalue weighted by atomic mass is 9.91. The first kappa shape index (κ1) is 25.7. The molecule has 1 aliphatic rings. The smallest absolute Gasteiger partial charge is 0.221 e. The number of aromatic nitrogens is 3. The van der Waals surface area contributed by atoms with E-state index in [2.05, 4.69) is 50.4 Å². The molecule has 0 atom stereocenters. The van der Waals surface area contributed by atoms with Crippen molar-refractivity contribution in [3.8, 4) is 11.3 Å². The minimum absolute atomic E-state index is 0.257. The predicted octanol–water partition coefficient (Wildman–Crippen LogP) is 6.34. The van der Waals surface area contributed by atoms with Crippen LogP contribution < -0.4 is 10.2 Å². The molecule has 1 aromatic carbocycles. The highest BCUT2D eigenvalue weighted by Crippen LogP contribution is 2.37. The van der Waals surface area contributed by atoms with Crippen LogP contribution in [0.1, 0.15) is 43.9 Å². The van der Waals surface area contributed by atoms with Gasteiger partial charge in [0.2, 0.25) is 5.91 Å². The Morgan fingerprint density at radius 2 is 2.03 bits per heavy atom. The van der Waals surface area contributed by atoms with E-state index >= 15 is 0 Å². The molecular formula is C27H31FN6OS2. The van der Waals surface area contributed by atoms with E-state index in [0.29, 0.717) is 22.9 Å². The van der Waals surface area contributed by atoms with Gasteiger partial charge in [-0.1, -0.05) is 24.9 Å². The zero-order valence-corrected chi connectivity index (χ0v) is 23.1. The van der Waals surface area contributed by atoms with Crippen LogP contribution in [-0.4, -0.2) is 51.0 Å². The van der Waals surface area contributed by atoms with Gasteiger partial charge < -0.3 is 10.2 Å². The van der Waals surface area contributed by atoms with Crippen LogP contribution in [0.5, 0.6) is 0 Å². The molecule has 37 heavy (non-hydrogen) atoms. The Morgan fingerprint density at radius 1 is 1.24 bits per heavy atom. The number of imidazole rings is 1. The van der Waals surface area contributed by atoms with Gasteiger partial charge in [-0.3, -0.25) is 13.5 Å². The van der Waals surface area contributed by atoms with Crippen molar-refractivity contribution in [1.82, 2.24) is 18.7 Å². The van der Waals surface area contributed by atoms with Gasteiger partial charge in [0.05, 0.1) is 17.1 Å². The minimum atomic E-state index is -0.409. The number of carbonyl (C=O) groups is 1. The number of rotatable bonds is 7. The van der Waals surface area contributed by atoms with Crippen LogP contribution in [0.2, 0.25) is 0 Å². The molecule has 0 spiro atoms. The molecular weight excluding hydrogens is 507 g/mol. The molecule has 0 aliphatic carbocycles. The summed E-state index contributed by atoms with van der Waals surface area (Å²) in [5, 5.41) is 5.45. The van der Waals surface area contributed by atoms with Crippen molar-refractivity contribution in [2.24, 2.45) is 0 Å². The fourth-order valence-electron chi connectivity index (χ4n) is 4.97. The lowest BCUT2D eigenvalue weighted by Crippen LogP contribution is -2.27. The number of fused-ring (bicyclic) bond motifs is 1. The first-order chi connectivity index (χ1) is 17.9. The second-order valence-corrected chi connectivity index (χ2v) is 11.0. The molecule has 0 unspecified atom stereocenters. The Bertz CT molecular complexity index is 1430. The van der Waals surface area contributed by atoms with Crippen LogP contribution in [0.3, 0.4) is 0 Å². The maximum Gasteiger partial charge on any atom is 0.221 e. The number of piperidine rings is 1. The second kappa shape index (κ2) is 10.8. The summed E-state index contributed by atoms with van der Waals surface area (Å²) in [6, 6.07) is 8.71. The van der Waals surface area contributed by atoms with E-state index in [1.165, 1.54) is 36.0 Å². The summed E-state index contributed by atoms with van der Waals surface area (Å²) in [7, 11) is 2.01. The number of benzene rings is 1. The molecule has 0 bridgehead atoms. The van der Waals surface area contributed by atoms with E-state index in [1.54, 1.807) is 6.07 Å². The van der Waals surface area contributed by atoms with Gasteiger partial charge in [0, 0.05) is 44.2 Å². The zero-order valence-electron chi connectivity index (χ0n) is 21.5. The molecule has 4 aromatic rings. The maximum atomic E-state index is 13.9. The quantitative estimate of drug-likeness (QED) is 0.277. The third kappa shape index (κ3) is 5.23. The Morgan fingerprint density at radius 3 is 2.73 bits per heavy atom. The molecule has 0 radical (unpaired) electrons. The highest BCUT2D eigenvalue weighted by Gasteiger charge is 2.23. The van der Waals surface area contributed by atoms with Crippen LogP contribution in [-0.2, 0) is 11.2 Å². The van der Waals surface area contributed by atoms with Crippen molar-refractivity contribution in [1.29, 1.82) is 0 Å². The van der Waals surface area contributed by atoms with Crippen molar-refractivity contribution < 1.29 is 9.18 Å². The molecule has 3 aromatic heterocycles. The number of hydrogen-bond donors (Lipinski definition) is 1. The second-order valence-electron chi connectivity index (χ2n) is 9.26. The molecule has 1 fully saturated rings. The van der Waals surface area contributed by atoms with E-state index < -0.39 is 5.82 Å². The van der Waals surface area contributed by atoms with E-state index in [1.807, 2.05) is 24.4 Å². The number of amides is 1. The summed E-state index contributed by atoms with van der Waals surface area (Å²) in [5.41, 5.74) is 5.05. The van der Waals surface area contributed by atoms with Crippen LogP contribution in [0.4, 0.5) is 21.0 Å². The van der Waals surface area contributed by atoms with Gasteiger partial charge in [0.25, 0.3) is 0 Å². The summed E-state index contributed by atoms with van der Waals surface area (Å²) < 4.78 is 18.5. The number of nitrogens with zero attached hydrogens (tertiary/aromatic N) is 5. The molecule has 5 rings (SSSR count). The monoisotopic (exact) mass is 538 g/mol. The number of anilines is 3. The highest BCUT2D eigenvalue weighted by molar-refractivity contribution is 7.96. The number of halogens is 1. The summed E-state index contributed by atoms with van der Waals surface area (Å²) in [6.07, 6.45) is 7.49. The van der Waals surface area contributed by atoms with Crippen molar-refractivity contribution in [3.63, 3.8) is 0 Å². The highest BCUT2D eigenvalue weighted by atomic mass is 32.2. The van der Waals surface area contributed by atoms with Crippen LogP contribution in [0.25, 0.3) is 16.9 Å². The zero-order chi connectivity index (χ0) is 26.1. The van der Waals surface area contributed by atoms with Crippen molar-refractivity contribution >= 4 is 51.5 Å². The summed E-state index contributed by atoms with van der Waals surface area (Å²) in [5.74, 6) is 0.875. The van der Waals surface area contributed by atoms with Crippen LogP contribution >= 0.6 is 23.3 Å². The first-order valence-corrected chi connectivity index (χ1v) is 14.5. The van der Waals surface area contributed by atoms with Gasteiger partial charge in [0.15, 0.2) is 5.13 Å². The van der Waals surface area contributed by atoms with Crippen LogP contribution in [0, 0.1) is 5.82 Å². The van der Waals surface area contributed by atoms with E-state index in [4.69, 9.17) is 9.97 Å². The summed E-state index contributed by atoms with van der Waals surface area (Å²) >= 11 is 3.33. The number of carbonyl (C=O) groups excluding carboxylic acids is 1. The molecule has 4 heterocycles. The maximum absolute atomic E-state index is 13.9. The molecule has 1 aliphatic heterocycles. The first-order valence-electron chi connectivity index (χ1n) is 12.4. The van der Waals surface area contributed by atoms with Gasteiger partial charge >= 0.3 is 0 Å². The number of thiazole rings is 1. The van der Waals surface area contributed by atoms with Gasteiger partial charge in [-0.15, -0.1) is 11.3 Å². The molecule has 194 valence electrons. The molecule has 10 heteroatoms. The summed E-state index contributed by atoms with van der Waals surface area (Å²) in [4.78, 5) is 23.5. The largest absolute Gasteiger partial charge is 0.326 e. The molecule has 0 saturated carbocycles. The van der Waals surface area contributed by atoms with Crippen molar-refractivity contribution in [2.75, 3.05) is 36.6 Å². The minimum Gasteiger partial charge on any atom is -0.326 e. The van der Waals surface area contributed by atoms with E-state index in [0.717, 1.165) is 54.6 Å². The Kier molecular flexibility index (Phi) is 7.50. The number of hydrogen-bond acceptors (Lipinski definition) is 7. The molecule has 1 amide bonds. The number of aryl methyl sites for hydroxylation is 1. The Hall–Kier alpha value is -2.95. The van der Waals surface area contributed by atoms with Gasteiger partial charge in [-0.2, -0.15) is 0 Å². The van der Waals surface area contributed by atoms with Crippen molar-refractivity contribution in [3.05, 3.63) is 59.0 Å². The lowest BCUT2D eigenvalue weighted by Gasteiger charge is -2.30. The van der Waals surface area contributed by atoms with Crippen molar-refractivity contribution in [2.45, 2.75) is 39.0 Å². The third-order valence-electron chi connectivity index (χ3n) is 6.87. The lowest BCUT2D eigenvalue weighted by molar-refractivity contribution is -0.114. The SMILES string of the molecule is CCc1nc2ccc(C3CCN(SC)CC3)cn2c1N(C)c1nc(-c2ccc(F)cc2NC(C)=O)cs1. The van der Waals surface area contributed by atoms with Gasteiger partial charge in [0.1, 0.15) is 17.3 Å². The molecule has 1 saturated heterocycles. The standard InChI is InChI=1S/C27H31FN6OS2/c1-5-22-26(34-15-19(6-9-25(34)30-22)18-10-12-33(36-4)13-11-18)32(3)27-31-24(16-37-27)21-8-7-20(28)14-23(21)29-17(2)35/h6-9,14-16,18H,5,10-13H2,1-4H3,(H,29,35). The average molecular weight is 539 g/mol. The normalized spacial score (nSPS) is 14.8. The summed E-state index contributed by atoms with van der Waals surface area (Å²) in [6.45, 7) is 5.73. The van der Waals surface area contributed by atoms with Crippen LogP contribution in [0.15, 0.2) is 41.9 Å².